The zero-order valence-corrected chi connectivity index (χ0v) is 14.8. The van der Waals surface area contributed by atoms with Gasteiger partial charge >= 0.3 is 0 Å². The quantitative estimate of drug-likeness (QED) is 0.629. The lowest BCUT2D eigenvalue weighted by Crippen LogP contribution is -2.60. The Morgan fingerprint density at radius 2 is 1.41 bits per heavy atom. The van der Waals surface area contributed by atoms with E-state index in [9.17, 15) is 5.26 Å². The summed E-state index contributed by atoms with van der Waals surface area (Å²) in [6.07, 6.45) is 0. The topological polar surface area (TPSA) is 33.0 Å². The second-order valence-electron chi connectivity index (χ2n) is 7.57. The Morgan fingerprint density at radius 3 is 2.15 bits per heavy atom. The van der Waals surface area contributed by atoms with Crippen molar-refractivity contribution >= 4 is 5.57 Å². The van der Waals surface area contributed by atoms with Crippen molar-refractivity contribution in [3.05, 3.63) is 101 Å². The summed E-state index contributed by atoms with van der Waals surface area (Å²) < 4.78 is 6.03. The highest BCUT2D eigenvalue weighted by Gasteiger charge is 2.71. The Morgan fingerprint density at radius 1 is 0.778 bits per heavy atom. The first-order valence-corrected chi connectivity index (χ1v) is 9.32. The molecule has 6 rings (SSSR count). The molecule has 2 unspecified atom stereocenters. The number of fused-ring (bicyclic) bond motifs is 4. The zero-order chi connectivity index (χ0) is 18.1. The standard InChI is InChI=1S/C25H17NO/c26-15-24-20-12-6-4-10-18(20)19-11-5-7-13-21(19)25(24)16-27-14-22(25)23(24)17-8-2-1-3-9-17/h1-13H,14,16H2. The molecule has 0 aromatic heterocycles. The van der Waals surface area contributed by atoms with Gasteiger partial charge in [-0.15, -0.1) is 0 Å². The summed E-state index contributed by atoms with van der Waals surface area (Å²) in [7, 11) is 0. The second-order valence-corrected chi connectivity index (χ2v) is 7.57. The van der Waals surface area contributed by atoms with Gasteiger partial charge in [0, 0.05) is 0 Å². The first-order chi connectivity index (χ1) is 13.3. The van der Waals surface area contributed by atoms with Crippen LogP contribution in [0.5, 0.6) is 0 Å². The second kappa shape index (κ2) is 4.97. The van der Waals surface area contributed by atoms with E-state index >= 15 is 0 Å². The Kier molecular flexibility index (Phi) is 2.75. The maximum Gasteiger partial charge on any atom is 0.124 e. The minimum atomic E-state index is -0.703. The van der Waals surface area contributed by atoms with E-state index in [1.165, 1.54) is 22.3 Å². The number of benzene rings is 3. The number of rotatable bonds is 1. The van der Waals surface area contributed by atoms with E-state index in [1.54, 1.807) is 0 Å². The third-order valence-corrected chi connectivity index (χ3v) is 6.64. The van der Waals surface area contributed by atoms with Crippen LogP contribution >= 0.6 is 0 Å². The SMILES string of the molecule is N#CC12C(c3ccccc3)=C3COCC31c1ccccc1-c1ccccc12. The predicted octanol–water partition coefficient (Wildman–Crippen LogP) is 4.86. The van der Waals surface area contributed by atoms with E-state index < -0.39 is 5.41 Å². The van der Waals surface area contributed by atoms with Gasteiger partial charge in [-0.3, -0.25) is 0 Å². The lowest BCUT2D eigenvalue weighted by molar-refractivity contribution is 0.165. The van der Waals surface area contributed by atoms with Crippen LogP contribution in [0.3, 0.4) is 0 Å². The number of hydrogen-bond donors (Lipinski definition) is 0. The average molecular weight is 347 g/mol. The summed E-state index contributed by atoms with van der Waals surface area (Å²) in [6, 6.07) is 30.1. The smallest absolute Gasteiger partial charge is 0.124 e. The predicted molar refractivity (Wildman–Crippen MR) is 105 cm³/mol. The van der Waals surface area contributed by atoms with Crippen LogP contribution in [0.15, 0.2) is 84.4 Å². The maximum absolute atomic E-state index is 10.7. The molecule has 2 aliphatic carbocycles. The van der Waals surface area contributed by atoms with Crippen molar-refractivity contribution in [1.82, 2.24) is 0 Å². The molecular weight excluding hydrogens is 330 g/mol. The van der Waals surface area contributed by atoms with Crippen LogP contribution in [0.4, 0.5) is 0 Å². The molecule has 2 heteroatoms. The van der Waals surface area contributed by atoms with Crippen molar-refractivity contribution in [3.63, 3.8) is 0 Å². The fourth-order valence-corrected chi connectivity index (χ4v) is 5.66. The van der Waals surface area contributed by atoms with Gasteiger partial charge in [0.25, 0.3) is 0 Å². The molecule has 1 saturated heterocycles. The largest absolute Gasteiger partial charge is 0.376 e. The normalized spacial score (nSPS) is 26.9. The lowest BCUT2D eigenvalue weighted by atomic mass is 9.40. The van der Waals surface area contributed by atoms with Crippen LogP contribution in [0.2, 0.25) is 0 Å². The summed E-state index contributed by atoms with van der Waals surface area (Å²) in [6.45, 7) is 1.17. The number of allylic oxidation sites excluding steroid dienone is 1. The number of nitrogens with zero attached hydrogens (tertiary/aromatic N) is 1. The average Bonchev–Trinajstić information content (AvgIpc) is 3.09. The molecule has 0 saturated carbocycles. The van der Waals surface area contributed by atoms with Gasteiger partial charge in [-0.05, 0) is 39.0 Å². The molecule has 0 radical (unpaired) electrons. The van der Waals surface area contributed by atoms with Crippen molar-refractivity contribution in [3.8, 4) is 17.2 Å². The molecular formula is C25H17NO. The Hall–Kier alpha value is -3.15. The van der Waals surface area contributed by atoms with E-state index in [4.69, 9.17) is 4.74 Å². The lowest BCUT2D eigenvalue weighted by Gasteiger charge is -2.58. The molecule has 0 amide bonds. The summed E-state index contributed by atoms with van der Waals surface area (Å²) >= 11 is 0. The number of ether oxygens (including phenoxy) is 1. The minimum Gasteiger partial charge on any atom is -0.376 e. The van der Waals surface area contributed by atoms with Crippen molar-refractivity contribution in [2.45, 2.75) is 10.8 Å². The highest BCUT2D eigenvalue weighted by atomic mass is 16.5. The first-order valence-electron chi connectivity index (χ1n) is 9.32. The maximum atomic E-state index is 10.7. The van der Waals surface area contributed by atoms with E-state index in [0.717, 1.165) is 16.7 Å². The number of nitriles is 1. The highest BCUT2D eigenvalue weighted by Crippen LogP contribution is 2.71. The fraction of sp³-hybridized carbons (Fsp3) is 0.160. The molecule has 3 aliphatic rings. The van der Waals surface area contributed by atoms with Gasteiger partial charge in [0.1, 0.15) is 5.41 Å². The molecule has 2 nitrogen and oxygen atoms in total. The zero-order valence-electron chi connectivity index (χ0n) is 14.8. The van der Waals surface area contributed by atoms with Crippen LogP contribution in [-0.4, -0.2) is 13.2 Å². The van der Waals surface area contributed by atoms with Crippen molar-refractivity contribution in [2.75, 3.05) is 13.2 Å². The van der Waals surface area contributed by atoms with Crippen molar-refractivity contribution in [1.29, 1.82) is 5.26 Å². The van der Waals surface area contributed by atoms with Gasteiger partial charge in [0.2, 0.25) is 0 Å². The molecule has 1 fully saturated rings. The van der Waals surface area contributed by atoms with Crippen LogP contribution in [0.25, 0.3) is 16.7 Å². The Balaban J connectivity index is 1.80. The van der Waals surface area contributed by atoms with E-state index in [0.29, 0.717) is 13.2 Å². The Bertz CT molecular complexity index is 1170. The van der Waals surface area contributed by atoms with Gasteiger partial charge in [0.15, 0.2) is 0 Å². The van der Waals surface area contributed by atoms with Crippen LogP contribution in [-0.2, 0) is 15.6 Å². The van der Waals surface area contributed by atoms with E-state index in [2.05, 4.69) is 66.7 Å². The molecule has 1 spiro atoms. The third-order valence-electron chi connectivity index (χ3n) is 6.64. The van der Waals surface area contributed by atoms with Gasteiger partial charge in [0.05, 0.1) is 24.7 Å². The third kappa shape index (κ3) is 1.48. The fourth-order valence-electron chi connectivity index (χ4n) is 5.66. The van der Waals surface area contributed by atoms with Crippen LogP contribution in [0.1, 0.15) is 16.7 Å². The van der Waals surface area contributed by atoms with Crippen LogP contribution in [0, 0.1) is 11.3 Å². The number of hydrogen-bond acceptors (Lipinski definition) is 2. The molecule has 3 aromatic carbocycles. The van der Waals surface area contributed by atoms with E-state index in [1.807, 2.05) is 18.2 Å². The van der Waals surface area contributed by atoms with Gasteiger partial charge < -0.3 is 4.74 Å². The highest BCUT2D eigenvalue weighted by molar-refractivity contribution is 6.00. The molecule has 27 heavy (non-hydrogen) atoms. The van der Waals surface area contributed by atoms with Crippen molar-refractivity contribution in [2.24, 2.45) is 0 Å². The van der Waals surface area contributed by atoms with Crippen molar-refractivity contribution < 1.29 is 4.74 Å². The summed E-state index contributed by atoms with van der Waals surface area (Å²) in [4.78, 5) is 0. The summed E-state index contributed by atoms with van der Waals surface area (Å²) in [5.74, 6) is 0. The van der Waals surface area contributed by atoms with Gasteiger partial charge in [-0.2, -0.15) is 5.26 Å². The van der Waals surface area contributed by atoms with Gasteiger partial charge in [-0.25, -0.2) is 0 Å². The summed E-state index contributed by atoms with van der Waals surface area (Å²) in [5, 5.41) is 10.7. The molecule has 2 atom stereocenters. The molecule has 3 aromatic rings. The first kappa shape index (κ1) is 15.0. The molecule has 1 aliphatic heterocycles. The molecule has 0 N–H and O–H groups in total. The van der Waals surface area contributed by atoms with Crippen LogP contribution < -0.4 is 0 Å². The molecule has 0 bridgehead atoms. The van der Waals surface area contributed by atoms with E-state index in [-0.39, 0.29) is 5.41 Å². The molecule has 1 heterocycles. The van der Waals surface area contributed by atoms with Gasteiger partial charge in [-0.1, -0.05) is 78.9 Å². The summed E-state index contributed by atoms with van der Waals surface area (Å²) in [5.41, 5.74) is 7.21. The Labute approximate surface area is 158 Å². The molecule has 128 valence electrons. The monoisotopic (exact) mass is 347 g/mol. The minimum absolute atomic E-state index is 0.377.